The molecule has 0 N–H and O–H groups in total. The van der Waals surface area contributed by atoms with Crippen molar-refractivity contribution < 1.29 is 33.7 Å². The Hall–Kier alpha value is -1.55. The third-order valence-corrected chi connectivity index (χ3v) is 0.553. The van der Waals surface area contributed by atoms with Gasteiger partial charge in [0.25, 0.3) is 0 Å². The SMILES string of the molecule is O=C([O-])C(=O)[O-].O=c1oooc1=O.[Mg+2]. The molecular formula is C4MgO9. The van der Waals surface area contributed by atoms with Crippen molar-refractivity contribution >= 4 is 35.0 Å². The molecule has 0 aromatic carbocycles. The van der Waals surface area contributed by atoms with Gasteiger partial charge in [-0.25, -0.2) is 9.59 Å². The normalized spacial score (nSPS) is 7.71. The molecule has 0 saturated carbocycles. The van der Waals surface area contributed by atoms with Gasteiger partial charge in [0.2, 0.25) is 0 Å². The maximum absolute atomic E-state index is 9.75. The van der Waals surface area contributed by atoms with E-state index >= 15 is 0 Å². The van der Waals surface area contributed by atoms with E-state index in [-0.39, 0.29) is 23.1 Å². The first-order chi connectivity index (χ1) is 5.95. The summed E-state index contributed by atoms with van der Waals surface area (Å²) in [6.45, 7) is 0. The fourth-order valence-corrected chi connectivity index (χ4v) is 0.147. The zero-order valence-electron chi connectivity index (χ0n) is 6.38. The van der Waals surface area contributed by atoms with Crippen molar-refractivity contribution in [2.24, 2.45) is 0 Å². The Bertz CT molecular complexity index is 357. The fourth-order valence-electron chi connectivity index (χ4n) is 0.147. The van der Waals surface area contributed by atoms with Crippen LogP contribution in [0.4, 0.5) is 0 Å². The summed E-state index contributed by atoms with van der Waals surface area (Å²) in [5.41, 5.74) is -2.25. The molecule has 10 heteroatoms. The molecule has 0 unspecified atom stereocenters. The number of carbonyl (C=O) groups is 2. The third kappa shape index (κ3) is 6.02. The average Bonchev–Trinajstić information content (AvgIpc) is 2.37. The standard InChI is InChI=1S/C2O5.C2H2O4.Mg/c3-1-2(4)6-7-5-1;3-1(4)2(5)6;/h;(H,3,4)(H,5,6);/q;;+2/p-2. The van der Waals surface area contributed by atoms with Crippen LogP contribution in [0.2, 0.25) is 0 Å². The summed E-state index contributed by atoms with van der Waals surface area (Å²) >= 11 is 0. The maximum atomic E-state index is 9.75. The summed E-state index contributed by atoms with van der Waals surface area (Å²) in [6, 6.07) is 0. The Morgan fingerprint density at radius 3 is 1.29 bits per heavy atom. The van der Waals surface area contributed by atoms with Crippen LogP contribution in [0, 0.1) is 0 Å². The van der Waals surface area contributed by atoms with Crippen molar-refractivity contribution in [1.29, 1.82) is 0 Å². The van der Waals surface area contributed by atoms with E-state index < -0.39 is 23.2 Å². The third-order valence-electron chi connectivity index (χ3n) is 0.553. The topological polar surface area (TPSA) is 154 Å². The first kappa shape index (κ1) is 14.9. The number of carboxylic acids is 2. The molecule has 1 rings (SSSR count). The average molecular weight is 216 g/mol. The summed E-state index contributed by atoms with van der Waals surface area (Å²) < 4.78 is 10.6. The van der Waals surface area contributed by atoms with Crippen molar-refractivity contribution in [2.45, 2.75) is 0 Å². The Balaban J connectivity index is 0. The zero-order chi connectivity index (χ0) is 10.4. The summed E-state index contributed by atoms with van der Waals surface area (Å²) in [7, 11) is 0. The number of aliphatic carboxylic acids is 2. The molecule has 0 aliphatic heterocycles. The molecule has 0 aliphatic rings. The minimum atomic E-state index is -2.19. The Morgan fingerprint density at radius 1 is 0.929 bits per heavy atom. The van der Waals surface area contributed by atoms with Crippen LogP contribution in [-0.2, 0) is 9.59 Å². The van der Waals surface area contributed by atoms with Crippen LogP contribution in [0.1, 0.15) is 0 Å². The molecule has 0 aliphatic carbocycles. The van der Waals surface area contributed by atoms with Gasteiger partial charge in [-0.3, -0.25) is 0 Å². The second-order valence-corrected chi connectivity index (χ2v) is 1.38. The van der Waals surface area contributed by atoms with E-state index in [1.807, 2.05) is 0 Å². The van der Waals surface area contributed by atoms with Gasteiger partial charge in [0.15, 0.2) is 0 Å². The second kappa shape index (κ2) is 6.91. The summed E-state index contributed by atoms with van der Waals surface area (Å²) in [5, 5.41) is 17.9. The van der Waals surface area contributed by atoms with Crippen LogP contribution in [0.3, 0.4) is 0 Å². The van der Waals surface area contributed by atoms with E-state index in [4.69, 9.17) is 19.8 Å². The maximum Gasteiger partial charge on any atom is 2.00 e. The summed E-state index contributed by atoms with van der Waals surface area (Å²) in [6.07, 6.45) is 0. The molecule has 0 fully saturated rings. The first-order valence-corrected chi connectivity index (χ1v) is 2.47. The summed E-state index contributed by atoms with van der Waals surface area (Å²) in [4.78, 5) is 37.4. The van der Waals surface area contributed by atoms with Gasteiger partial charge in [-0.15, -0.1) is 0 Å². The first-order valence-electron chi connectivity index (χ1n) is 2.47. The number of hydrogen-bond donors (Lipinski definition) is 0. The summed E-state index contributed by atoms with van der Waals surface area (Å²) in [5.74, 6) is -4.37. The van der Waals surface area contributed by atoms with Crippen LogP contribution in [0.15, 0.2) is 23.5 Å². The number of rotatable bonds is 0. The van der Waals surface area contributed by atoms with Crippen molar-refractivity contribution in [3.05, 3.63) is 20.8 Å². The molecule has 72 valence electrons. The second-order valence-electron chi connectivity index (χ2n) is 1.38. The van der Waals surface area contributed by atoms with Crippen LogP contribution in [0.5, 0.6) is 0 Å². The Morgan fingerprint density at radius 2 is 1.21 bits per heavy atom. The van der Waals surface area contributed by atoms with E-state index in [9.17, 15) is 9.59 Å². The van der Waals surface area contributed by atoms with Crippen LogP contribution in [0.25, 0.3) is 0 Å². The van der Waals surface area contributed by atoms with Crippen molar-refractivity contribution in [3.8, 4) is 0 Å². The monoisotopic (exact) mass is 216 g/mol. The van der Waals surface area contributed by atoms with E-state index in [1.165, 1.54) is 0 Å². The minimum Gasteiger partial charge on any atom is -0.543 e. The number of carbonyl (C=O) groups excluding carboxylic acids is 2. The van der Waals surface area contributed by atoms with E-state index in [0.29, 0.717) is 0 Å². The van der Waals surface area contributed by atoms with Crippen molar-refractivity contribution in [1.82, 2.24) is 0 Å². The van der Waals surface area contributed by atoms with E-state index in [0.717, 1.165) is 0 Å². The largest absolute Gasteiger partial charge is 2.00 e. The molecular weight excluding hydrogens is 216 g/mol. The van der Waals surface area contributed by atoms with E-state index in [1.54, 1.807) is 0 Å². The van der Waals surface area contributed by atoms with Crippen molar-refractivity contribution in [3.63, 3.8) is 0 Å². The molecule has 0 spiro atoms. The molecule has 0 atom stereocenters. The molecule has 0 amide bonds. The Kier molecular flexibility index (Phi) is 7.37. The predicted molar refractivity (Wildman–Crippen MR) is 31.5 cm³/mol. The van der Waals surface area contributed by atoms with E-state index in [2.05, 4.69) is 13.9 Å². The molecule has 0 bridgehead atoms. The molecule has 14 heavy (non-hydrogen) atoms. The van der Waals surface area contributed by atoms with Crippen LogP contribution >= 0.6 is 0 Å². The van der Waals surface area contributed by atoms with Gasteiger partial charge in [0.05, 0.1) is 11.9 Å². The van der Waals surface area contributed by atoms with Crippen LogP contribution < -0.4 is 21.5 Å². The molecule has 0 saturated heterocycles. The predicted octanol–water partition coefficient (Wildman–Crippen LogP) is -4.71. The van der Waals surface area contributed by atoms with Gasteiger partial charge >= 0.3 is 34.3 Å². The Labute approximate surface area is 89.9 Å². The molecule has 1 aromatic heterocycles. The van der Waals surface area contributed by atoms with Gasteiger partial charge < -0.3 is 19.8 Å². The number of carboxylic acid groups (broad SMARTS) is 2. The number of hydrogen-bond acceptors (Lipinski definition) is 9. The molecule has 1 heterocycles. The minimum absolute atomic E-state index is 0. The van der Waals surface area contributed by atoms with Gasteiger partial charge in [0.1, 0.15) is 0 Å². The smallest absolute Gasteiger partial charge is 0.543 e. The van der Waals surface area contributed by atoms with Gasteiger partial charge in [-0.1, -0.05) is 4.74 Å². The quantitative estimate of drug-likeness (QED) is 0.236. The van der Waals surface area contributed by atoms with Crippen LogP contribution in [-0.4, -0.2) is 35.0 Å². The zero-order valence-corrected chi connectivity index (χ0v) is 7.80. The van der Waals surface area contributed by atoms with Gasteiger partial charge in [-0.2, -0.15) is 9.15 Å². The van der Waals surface area contributed by atoms with Gasteiger partial charge in [-0.05, 0) is 0 Å². The molecule has 1 aromatic rings. The molecule has 9 nitrogen and oxygen atoms in total. The molecule has 0 radical (unpaired) electrons. The van der Waals surface area contributed by atoms with Crippen molar-refractivity contribution in [2.75, 3.05) is 0 Å². The van der Waals surface area contributed by atoms with Gasteiger partial charge in [0, 0.05) is 0 Å². The fraction of sp³-hybridized carbons (Fsp3) is 0.